The molecule has 3 N–H and O–H groups in total. The Bertz CT molecular complexity index is 1250. The summed E-state index contributed by atoms with van der Waals surface area (Å²) in [6.07, 6.45) is 4.36. The van der Waals surface area contributed by atoms with E-state index in [0.29, 0.717) is 31.6 Å². The van der Waals surface area contributed by atoms with Crippen molar-refractivity contribution in [1.29, 1.82) is 5.26 Å². The van der Waals surface area contributed by atoms with Gasteiger partial charge in [0.2, 0.25) is 0 Å². The molecule has 0 amide bonds. The maximum Gasteiger partial charge on any atom is 0.301 e. The Balaban J connectivity index is 1.25. The van der Waals surface area contributed by atoms with Crippen LogP contribution < -0.4 is 10.0 Å². The third kappa shape index (κ3) is 6.28. The van der Waals surface area contributed by atoms with Crippen molar-refractivity contribution in [3.63, 3.8) is 0 Å². The number of benzene rings is 2. The Hall–Kier alpha value is -3.29. The smallest absolute Gasteiger partial charge is 0.301 e. The minimum Gasteiger partial charge on any atom is -0.387 e. The Labute approximate surface area is 212 Å². The van der Waals surface area contributed by atoms with Crippen LogP contribution in [0.15, 0.2) is 79.1 Å². The molecule has 1 atom stereocenters. The molecular weight excluding hydrogens is 474 g/mol. The van der Waals surface area contributed by atoms with Gasteiger partial charge in [0.25, 0.3) is 0 Å². The number of rotatable bonds is 10. The summed E-state index contributed by atoms with van der Waals surface area (Å²) >= 11 is 0. The zero-order chi connectivity index (χ0) is 25.4. The van der Waals surface area contributed by atoms with E-state index in [2.05, 4.69) is 21.1 Å². The van der Waals surface area contributed by atoms with E-state index >= 15 is 0 Å². The predicted octanol–water partition coefficient (Wildman–Crippen LogP) is 3.16. The Morgan fingerprint density at radius 2 is 1.78 bits per heavy atom. The molecule has 0 unspecified atom stereocenters. The topological polar surface area (TPSA) is 118 Å². The Kier molecular flexibility index (Phi) is 8.33. The van der Waals surface area contributed by atoms with Crippen molar-refractivity contribution in [3.05, 3.63) is 95.8 Å². The monoisotopic (exact) mass is 505 g/mol. The average Bonchev–Trinajstić information content (AvgIpc) is 2.92. The fourth-order valence-corrected chi connectivity index (χ4v) is 5.67. The van der Waals surface area contributed by atoms with Crippen molar-refractivity contribution >= 4 is 15.9 Å². The van der Waals surface area contributed by atoms with E-state index in [1.54, 1.807) is 30.6 Å². The molecule has 0 aliphatic carbocycles. The van der Waals surface area contributed by atoms with Gasteiger partial charge in [-0.05, 0) is 55.1 Å². The normalized spacial score (nSPS) is 16.7. The number of hydrogen-bond acceptors (Lipinski definition) is 6. The lowest BCUT2D eigenvalue weighted by Crippen LogP contribution is -2.46. The summed E-state index contributed by atoms with van der Waals surface area (Å²) in [5.74, 6) is 0. The van der Waals surface area contributed by atoms with Gasteiger partial charge in [0.1, 0.15) is 0 Å². The molecule has 0 bridgehead atoms. The highest BCUT2D eigenvalue weighted by atomic mass is 32.2. The average molecular weight is 506 g/mol. The number of nitrogens with one attached hydrogen (secondary N) is 2. The van der Waals surface area contributed by atoms with Gasteiger partial charge < -0.3 is 10.4 Å². The van der Waals surface area contributed by atoms with Crippen LogP contribution in [0.1, 0.15) is 35.6 Å². The van der Waals surface area contributed by atoms with Gasteiger partial charge in [-0.15, -0.1) is 0 Å². The third-order valence-electron chi connectivity index (χ3n) is 6.65. The first-order chi connectivity index (χ1) is 17.4. The number of pyridine rings is 1. The number of nitriles is 1. The van der Waals surface area contributed by atoms with Crippen molar-refractivity contribution in [1.82, 2.24) is 14.6 Å². The van der Waals surface area contributed by atoms with Crippen LogP contribution in [0.3, 0.4) is 0 Å². The molecule has 4 rings (SSSR count). The summed E-state index contributed by atoms with van der Waals surface area (Å²) < 4.78 is 30.0. The second kappa shape index (κ2) is 11.6. The summed E-state index contributed by atoms with van der Waals surface area (Å²) in [4.78, 5) is 4.02. The summed E-state index contributed by atoms with van der Waals surface area (Å²) in [6.45, 7) is 1.67. The fourth-order valence-electron chi connectivity index (χ4n) is 4.45. The minimum atomic E-state index is -3.72. The molecule has 8 nitrogen and oxygen atoms in total. The van der Waals surface area contributed by atoms with Gasteiger partial charge >= 0.3 is 10.2 Å². The fraction of sp³-hybridized carbons (Fsp3) is 0.333. The third-order valence-corrected chi connectivity index (χ3v) is 8.19. The van der Waals surface area contributed by atoms with Crippen LogP contribution >= 0.6 is 0 Å². The molecule has 1 aliphatic heterocycles. The summed E-state index contributed by atoms with van der Waals surface area (Å²) in [7, 11) is -3.72. The van der Waals surface area contributed by atoms with Crippen molar-refractivity contribution < 1.29 is 13.5 Å². The first-order valence-electron chi connectivity index (χ1n) is 12.0. The van der Waals surface area contributed by atoms with E-state index in [1.807, 2.05) is 48.5 Å². The molecule has 36 heavy (non-hydrogen) atoms. The van der Waals surface area contributed by atoms with Gasteiger partial charge in [-0.2, -0.15) is 18.0 Å². The lowest BCUT2D eigenvalue weighted by atomic mass is 9.74. The highest BCUT2D eigenvalue weighted by molar-refractivity contribution is 7.90. The number of anilines is 1. The summed E-state index contributed by atoms with van der Waals surface area (Å²) in [5.41, 5.74) is 2.61. The van der Waals surface area contributed by atoms with Gasteiger partial charge in [-0.25, -0.2) is 0 Å². The van der Waals surface area contributed by atoms with Crippen LogP contribution in [0.25, 0.3) is 0 Å². The van der Waals surface area contributed by atoms with Gasteiger partial charge in [0.15, 0.2) is 0 Å². The van der Waals surface area contributed by atoms with Crippen LogP contribution in [0.2, 0.25) is 0 Å². The van der Waals surface area contributed by atoms with E-state index in [9.17, 15) is 18.8 Å². The second-order valence-electron chi connectivity index (χ2n) is 9.02. The quantitative estimate of drug-likeness (QED) is 0.364. The predicted molar refractivity (Wildman–Crippen MR) is 139 cm³/mol. The van der Waals surface area contributed by atoms with Crippen LogP contribution in [0.5, 0.6) is 0 Å². The highest BCUT2D eigenvalue weighted by Crippen LogP contribution is 2.35. The van der Waals surface area contributed by atoms with E-state index in [4.69, 9.17) is 0 Å². The molecule has 0 spiro atoms. The van der Waals surface area contributed by atoms with Gasteiger partial charge in [0.05, 0.1) is 17.6 Å². The van der Waals surface area contributed by atoms with E-state index < -0.39 is 21.7 Å². The lowest BCUT2D eigenvalue weighted by Gasteiger charge is -2.36. The number of hydrogen-bond donors (Lipinski definition) is 3. The number of aliphatic hydroxyl groups excluding tert-OH is 1. The largest absolute Gasteiger partial charge is 0.387 e. The van der Waals surface area contributed by atoms with Crippen LogP contribution in [-0.4, -0.2) is 49.0 Å². The molecular formula is C27H31N5O3S. The van der Waals surface area contributed by atoms with E-state index in [-0.39, 0.29) is 13.1 Å². The molecule has 2 heterocycles. The van der Waals surface area contributed by atoms with Crippen molar-refractivity contribution in [2.45, 2.75) is 30.8 Å². The molecule has 3 aromatic rings. The number of aromatic nitrogens is 1. The van der Waals surface area contributed by atoms with Gasteiger partial charge in [-0.1, -0.05) is 48.5 Å². The molecule has 2 aromatic carbocycles. The zero-order valence-corrected chi connectivity index (χ0v) is 20.9. The maximum atomic E-state index is 13.0. The van der Waals surface area contributed by atoms with Crippen molar-refractivity contribution in [3.8, 4) is 6.07 Å². The van der Waals surface area contributed by atoms with Crippen LogP contribution in [0.4, 0.5) is 5.69 Å². The molecule has 9 heteroatoms. The standard InChI is InChI=1S/C27H31N5O3S/c28-21-27(24-6-2-1-3-7-24)13-17-32(18-14-27)36(34,35)31-25-10-8-22(9-11-25)12-16-30-20-26(33)23-5-4-15-29-19-23/h1-11,15,19,26,30-31,33H,12-14,16-18,20H2/t26-/m0/s1. The first kappa shape index (κ1) is 25.8. The van der Waals surface area contributed by atoms with Crippen molar-refractivity contribution in [2.75, 3.05) is 30.9 Å². The molecule has 0 saturated carbocycles. The molecule has 1 aliphatic rings. The SMILES string of the molecule is N#CC1(c2ccccc2)CCN(S(=O)(=O)Nc2ccc(CCNC[C@H](O)c3cccnc3)cc2)CC1. The van der Waals surface area contributed by atoms with Crippen LogP contribution in [-0.2, 0) is 22.0 Å². The molecule has 1 fully saturated rings. The number of nitrogens with zero attached hydrogens (tertiary/aromatic N) is 3. The van der Waals surface area contributed by atoms with E-state index in [1.165, 1.54) is 4.31 Å². The molecule has 188 valence electrons. The Morgan fingerprint density at radius 1 is 1.06 bits per heavy atom. The lowest BCUT2D eigenvalue weighted by molar-refractivity contribution is 0.174. The van der Waals surface area contributed by atoms with Crippen molar-refractivity contribution in [2.24, 2.45) is 0 Å². The van der Waals surface area contributed by atoms with Crippen LogP contribution in [0, 0.1) is 11.3 Å². The second-order valence-corrected chi connectivity index (χ2v) is 10.7. The maximum absolute atomic E-state index is 13.0. The molecule has 1 aromatic heterocycles. The van der Waals surface area contributed by atoms with E-state index in [0.717, 1.165) is 23.1 Å². The minimum absolute atomic E-state index is 0.284. The van der Waals surface area contributed by atoms with Gasteiger partial charge in [-0.3, -0.25) is 9.71 Å². The number of piperidine rings is 1. The molecule has 0 radical (unpaired) electrons. The summed E-state index contributed by atoms with van der Waals surface area (Å²) in [6, 6.07) is 23.0. The Morgan fingerprint density at radius 3 is 2.42 bits per heavy atom. The first-order valence-corrected chi connectivity index (χ1v) is 13.5. The highest BCUT2D eigenvalue weighted by Gasteiger charge is 2.39. The number of aliphatic hydroxyl groups is 1. The zero-order valence-electron chi connectivity index (χ0n) is 20.0. The summed E-state index contributed by atoms with van der Waals surface area (Å²) in [5, 5.41) is 23.3. The molecule has 1 saturated heterocycles. The van der Waals surface area contributed by atoms with Gasteiger partial charge in [0, 0.05) is 43.3 Å².